The summed E-state index contributed by atoms with van der Waals surface area (Å²) < 4.78 is 1.77. The summed E-state index contributed by atoms with van der Waals surface area (Å²) in [6.45, 7) is 2.52. The van der Waals surface area contributed by atoms with Crippen molar-refractivity contribution in [3.05, 3.63) is 47.2 Å². The van der Waals surface area contributed by atoms with Gasteiger partial charge in [-0.2, -0.15) is 5.10 Å². The van der Waals surface area contributed by atoms with Gasteiger partial charge in [0.25, 0.3) is 5.91 Å². The van der Waals surface area contributed by atoms with Crippen LogP contribution in [0.2, 0.25) is 5.02 Å². The Kier molecular flexibility index (Phi) is 4.50. The highest BCUT2D eigenvalue weighted by molar-refractivity contribution is 7.80. The summed E-state index contributed by atoms with van der Waals surface area (Å²) >= 11 is 10.2. The van der Waals surface area contributed by atoms with E-state index in [0.717, 1.165) is 0 Å². The van der Waals surface area contributed by atoms with Crippen LogP contribution in [-0.4, -0.2) is 21.7 Å². The highest BCUT2D eigenvalue weighted by atomic mass is 35.5. The number of hydrogen-bond donors (Lipinski definition) is 2. The number of nitrogens with zero attached hydrogens (tertiary/aromatic N) is 2. The molecule has 0 aliphatic carbocycles. The van der Waals surface area contributed by atoms with Crippen molar-refractivity contribution in [3.8, 4) is 0 Å². The first-order valence-electron chi connectivity index (χ1n) is 5.83. The Bertz CT molecular complexity index is 571. The quantitative estimate of drug-likeness (QED) is 0.852. The summed E-state index contributed by atoms with van der Waals surface area (Å²) in [5, 5.41) is 7.40. The molecule has 6 heteroatoms. The van der Waals surface area contributed by atoms with Crippen LogP contribution in [0.5, 0.6) is 0 Å². The van der Waals surface area contributed by atoms with E-state index in [2.05, 4.69) is 23.0 Å². The minimum atomic E-state index is -0.208. The molecule has 0 fully saturated rings. The predicted molar refractivity (Wildman–Crippen MR) is 77.9 cm³/mol. The molecule has 1 unspecified atom stereocenters. The first-order chi connectivity index (χ1) is 9.06. The van der Waals surface area contributed by atoms with Gasteiger partial charge in [0, 0.05) is 23.3 Å². The van der Waals surface area contributed by atoms with Crippen LogP contribution < -0.4 is 5.32 Å². The summed E-state index contributed by atoms with van der Waals surface area (Å²) in [7, 11) is 0. The first-order valence-corrected chi connectivity index (χ1v) is 6.65. The van der Waals surface area contributed by atoms with Crippen LogP contribution in [0.15, 0.2) is 41.6 Å². The smallest absolute Gasteiger partial charge is 0.253 e. The van der Waals surface area contributed by atoms with Crippen molar-refractivity contribution < 1.29 is 4.79 Å². The number of thiol groups is 1. The molecule has 1 heterocycles. The predicted octanol–water partition coefficient (Wildman–Crippen LogP) is 2.64. The highest BCUT2D eigenvalue weighted by Gasteiger charge is 2.13. The average molecular weight is 296 g/mol. The number of amides is 1. The van der Waals surface area contributed by atoms with Crippen molar-refractivity contribution in [1.82, 2.24) is 15.1 Å². The number of nitrogens with one attached hydrogen (secondary N) is 1. The Morgan fingerprint density at radius 3 is 3.05 bits per heavy atom. The minimum Gasteiger partial charge on any atom is -0.348 e. The van der Waals surface area contributed by atoms with E-state index in [1.54, 1.807) is 29.1 Å². The van der Waals surface area contributed by atoms with E-state index in [1.165, 1.54) is 0 Å². The molecule has 19 heavy (non-hydrogen) atoms. The summed E-state index contributed by atoms with van der Waals surface area (Å²) in [4.78, 5) is 12.8. The van der Waals surface area contributed by atoms with Gasteiger partial charge in [0.15, 0.2) is 0 Å². The van der Waals surface area contributed by atoms with Gasteiger partial charge < -0.3 is 5.32 Å². The molecule has 4 nitrogen and oxygen atoms in total. The second-order valence-corrected chi connectivity index (χ2v) is 5.19. The fraction of sp³-hybridized carbons (Fsp3) is 0.231. The summed E-state index contributed by atoms with van der Waals surface area (Å²) in [5.41, 5.74) is 0.432. The molecular weight excluding hydrogens is 282 g/mol. The number of carbonyl (C=O) groups is 1. The zero-order valence-corrected chi connectivity index (χ0v) is 12.0. The first kappa shape index (κ1) is 14.0. The highest BCUT2D eigenvalue weighted by Crippen LogP contribution is 2.19. The van der Waals surface area contributed by atoms with E-state index in [1.807, 2.05) is 19.2 Å². The van der Waals surface area contributed by atoms with Gasteiger partial charge in [0.1, 0.15) is 0 Å². The van der Waals surface area contributed by atoms with E-state index in [-0.39, 0.29) is 11.9 Å². The van der Waals surface area contributed by atoms with E-state index in [4.69, 9.17) is 11.6 Å². The Morgan fingerprint density at radius 2 is 2.37 bits per heavy atom. The van der Waals surface area contributed by atoms with Crippen LogP contribution in [0.4, 0.5) is 0 Å². The Morgan fingerprint density at radius 1 is 1.58 bits per heavy atom. The number of aromatic nitrogens is 2. The van der Waals surface area contributed by atoms with Crippen molar-refractivity contribution in [2.45, 2.75) is 24.4 Å². The molecule has 2 rings (SSSR count). The maximum atomic E-state index is 12.1. The largest absolute Gasteiger partial charge is 0.348 e. The molecule has 0 radical (unpaired) electrons. The summed E-state index contributed by atoms with van der Waals surface area (Å²) in [6, 6.07) is 6.86. The number of hydrogen-bond acceptors (Lipinski definition) is 3. The van der Waals surface area contributed by atoms with Gasteiger partial charge in [-0.05, 0) is 31.2 Å². The molecule has 0 spiro atoms. The third kappa shape index (κ3) is 3.75. The molecule has 0 saturated carbocycles. The molecule has 1 aromatic heterocycles. The van der Waals surface area contributed by atoms with Crippen LogP contribution in [0.1, 0.15) is 17.3 Å². The molecule has 1 atom stereocenters. The van der Waals surface area contributed by atoms with E-state index in [9.17, 15) is 4.79 Å². The Labute approximate surface area is 122 Å². The summed E-state index contributed by atoms with van der Waals surface area (Å²) in [5.74, 6) is -0.208. The van der Waals surface area contributed by atoms with Crippen molar-refractivity contribution in [2.24, 2.45) is 0 Å². The molecule has 0 saturated heterocycles. The van der Waals surface area contributed by atoms with Crippen LogP contribution in [0, 0.1) is 0 Å². The van der Waals surface area contributed by atoms with Gasteiger partial charge in [-0.25, -0.2) is 0 Å². The number of benzene rings is 1. The van der Waals surface area contributed by atoms with Gasteiger partial charge in [0.2, 0.25) is 0 Å². The molecule has 1 aromatic carbocycles. The molecule has 0 aliphatic rings. The maximum Gasteiger partial charge on any atom is 0.253 e. The minimum absolute atomic E-state index is 0.0490. The lowest BCUT2D eigenvalue weighted by Gasteiger charge is -2.14. The second kappa shape index (κ2) is 6.12. The van der Waals surface area contributed by atoms with Crippen LogP contribution >= 0.6 is 24.2 Å². The lowest BCUT2D eigenvalue weighted by atomic mass is 10.2. The molecule has 0 aliphatic heterocycles. The average Bonchev–Trinajstić information content (AvgIpc) is 2.84. The zero-order valence-electron chi connectivity index (χ0n) is 10.4. The van der Waals surface area contributed by atoms with E-state index in [0.29, 0.717) is 22.0 Å². The molecule has 0 bridgehead atoms. The molecule has 2 aromatic rings. The van der Waals surface area contributed by atoms with Gasteiger partial charge in [-0.15, -0.1) is 12.6 Å². The molecular formula is C13H14ClN3OS. The Balaban J connectivity index is 2.02. The second-order valence-electron chi connectivity index (χ2n) is 4.27. The van der Waals surface area contributed by atoms with Crippen LogP contribution in [-0.2, 0) is 6.54 Å². The van der Waals surface area contributed by atoms with Crippen LogP contribution in [0.25, 0.3) is 0 Å². The van der Waals surface area contributed by atoms with Crippen molar-refractivity contribution in [1.29, 1.82) is 0 Å². The normalized spacial score (nSPS) is 12.2. The number of rotatable bonds is 4. The third-order valence-electron chi connectivity index (χ3n) is 2.59. The molecule has 1 N–H and O–H groups in total. The van der Waals surface area contributed by atoms with Gasteiger partial charge in [0.05, 0.1) is 17.1 Å². The van der Waals surface area contributed by atoms with Gasteiger partial charge >= 0.3 is 0 Å². The van der Waals surface area contributed by atoms with Crippen molar-refractivity contribution in [3.63, 3.8) is 0 Å². The third-order valence-corrected chi connectivity index (χ3v) is 3.20. The number of carbonyl (C=O) groups excluding carboxylic acids is 1. The topological polar surface area (TPSA) is 46.9 Å². The lowest BCUT2D eigenvalue weighted by Crippen LogP contribution is -2.35. The van der Waals surface area contributed by atoms with Crippen molar-refractivity contribution in [2.75, 3.05) is 0 Å². The standard InChI is InChI=1S/C13H14ClN3OS/c1-9(8-17-6-2-5-15-17)16-13(18)11-7-10(19)3-4-12(11)14/h2-7,9,19H,8H2,1H3,(H,16,18). The number of halogens is 1. The van der Waals surface area contributed by atoms with E-state index < -0.39 is 0 Å². The zero-order chi connectivity index (χ0) is 13.8. The van der Waals surface area contributed by atoms with E-state index >= 15 is 0 Å². The lowest BCUT2D eigenvalue weighted by molar-refractivity contribution is 0.0936. The summed E-state index contributed by atoms with van der Waals surface area (Å²) in [6.07, 6.45) is 3.56. The fourth-order valence-electron chi connectivity index (χ4n) is 1.72. The van der Waals surface area contributed by atoms with Gasteiger partial charge in [-0.3, -0.25) is 9.48 Å². The molecule has 100 valence electrons. The van der Waals surface area contributed by atoms with Crippen molar-refractivity contribution >= 4 is 30.1 Å². The van der Waals surface area contributed by atoms with Crippen LogP contribution in [0.3, 0.4) is 0 Å². The monoisotopic (exact) mass is 295 g/mol. The molecule has 1 amide bonds. The SMILES string of the molecule is CC(Cn1cccn1)NC(=O)c1cc(S)ccc1Cl. The maximum absolute atomic E-state index is 12.1. The Hall–Kier alpha value is -1.46. The van der Waals surface area contributed by atoms with Gasteiger partial charge in [-0.1, -0.05) is 11.6 Å². The fourth-order valence-corrected chi connectivity index (χ4v) is 2.13.